The van der Waals surface area contributed by atoms with E-state index in [1.807, 2.05) is 6.92 Å². The van der Waals surface area contributed by atoms with Crippen LogP contribution in [0.4, 0.5) is 16.2 Å². The van der Waals surface area contributed by atoms with Crippen molar-refractivity contribution < 1.29 is 48.8 Å². The molecule has 15 nitrogen and oxygen atoms in total. The molecular formula is C36H37N5O10S3. The fraction of sp³-hybridized carbons (Fsp3) is 0.250. The summed E-state index contributed by atoms with van der Waals surface area (Å²) in [6.45, 7) is 4.09. The molecule has 0 aliphatic carbocycles. The zero-order valence-corrected chi connectivity index (χ0v) is 32.2. The highest BCUT2D eigenvalue weighted by Crippen LogP contribution is 2.48. The van der Waals surface area contributed by atoms with Crippen LogP contribution < -0.4 is 25.2 Å². The molecule has 0 saturated carbocycles. The van der Waals surface area contributed by atoms with Crippen LogP contribution in [0.25, 0.3) is 10.8 Å². The van der Waals surface area contributed by atoms with Gasteiger partial charge >= 0.3 is 12.1 Å². The first-order chi connectivity index (χ1) is 26.0. The Bertz CT molecular complexity index is 2170. The van der Waals surface area contributed by atoms with E-state index in [4.69, 9.17) is 19.0 Å². The van der Waals surface area contributed by atoms with E-state index in [0.29, 0.717) is 48.7 Å². The summed E-state index contributed by atoms with van der Waals surface area (Å²) < 4.78 is 16.6. The Morgan fingerprint density at radius 2 is 1.69 bits per heavy atom. The molecule has 0 radical (unpaired) electrons. The smallest absolute Gasteiger partial charge is 0.419 e. The van der Waals surface area contributed by atoms with Crippen molar-refractivity contribution >= 4 is 75.0 Å². The van der Waals surface area contributed by atoms with Gasteiger partial charge in [-0.2, -0.15) is 0 Å². The molecule has 5 rings (SSSR count). The summed E-state index contributed by atoms with van der Waals surface area (Å²) in [5.41, 5.74) is 3.90. The molecule has 5 aromatic rings. The highest BCUT2D eigenvalue weighted by atomic mass is 32.2. The minimum Gasteiger partial charge on any atom is -0.506 e. The molecule has 1 unspecified atom stereocenters. The maximum Gasteiger partial charge on any atom is 0.419 e. The van der Waals surface area contributed by atoms with Gasteiger partial charge in [0.1, 0.15) is 16.7 Å². The van der Waals surface area contributed by atoms with Crippen molar-refractivity contribution in [1.29, 1.82) is 0 Å². The molecule has 284 valence electrons. The van der Waals surface area contributed by atoms with Gasteiger partial charge in [-0.3, -0.25) is 19.3 Å². The zero-order chi connectivity index (χ0) is 38.9. The average molecular weight is 796 g/mol. The summed E-state index contributed by atoms with van der Waals surface area (Å²) in [5, 5.41) is 44.6. The van der Waals surface area contributed by atoms with Crippen LogP contribution in [0.15, 0.2) is 74.2 Å². The summed E-state index contributed by atoms with van der Waals surface area (Å²) in [7, 11) is 4.21. The van der Waals surface area contributed by atoms with E-state index in [0.717, 1.165) is 23.1 Å². The van der Waals surface area contributed by atoms with Crippen LogP contribution in [-0.4, -0.2) is 76.5 Å². The van der Waals surface area contributed by atoms with Crippen LogP contribution in [0.1, 0.15) is 36.2 Å². The number of ether oxygens (including phenoxy) is 3. The fourth-order valence-corrected chi connectivity index (χ4v) is 8.28. The standard InChI is InChI=1S/C36H37N5O10S3/c1-6-16-37-50-18-20-17-27(29(43)30(44)31(20)53-35-40-39-34(54-35)52-19(2)33(46)49-5)51-36(47)41(3)25-12-9-10-22-21(25)14-15-23(28(22)42)32(45)38-24-11-7-8-13-26(24)48-4/h7-15,17,19,37,42-44H,6,16,18H2,1-5H3,(H,38,45). The first-order valence-electron chi connectivity index (χ1n) is 16.3. The average Bonchev–Trinajstić information content (AvgIpc) is 3.62. The van der Waals surface area contributed by atoms with E-state index < -0.39 is 34.7 Å². The molecule has 1 heterocycles. The fourth-order valence-electron chi connectivity index (χ4n) is 5.01. The number of thioether (sulfide) groups is 1. The number of para-hydroxylation sites is 2. The molecule has 0 aliphatic heterocycles. The summed E-state index contributed by atoms with van der Waals surface area (Å²) in [4.78, 5) is 45.5. The number of benzene rings is 4. The van der Waals surface area contributed by atoms with Crippen LogP contribution in [0.3, 0.4) is 0 Å². The Hall–Kier alpha value is -5.27. The lowest BCUT2D eigenvalue weighted by atomic mass is 10.0. The normalized spacial score (nSPS) is 11.6. The number of carbonyl (C=O) groups excluding carboxylic acids is 3. The Kier molecular flexibility index (Phi) is 13.4. The third kappa shape index (κ3) is 9.08. The van der Waals surface area contributed by atoms with Crippen LogP contribution in [0, 0.1) is 0 Å². The predicted octanol–water partition coefficient (Wildman–Crippen LogP) is 6.94. The van der Waals surface area contributed by atoms with E-state index >= 15 is 0 Å². The predicted molar refractivity (Wildman–Crippen MR) is 205 cm³/mol. The quantitative estimate of drug-likeness (QED) is 0.0240. The van der Waals surface area contributed by atoms with E-state index in [1.54, 1.807) is 55.5 Å². The summed E-state index contributed by atoms with van der Waals surface area (Å²) in [6, 6.07) is 16.1. The Labute approximate surface area is 322 Å². The number of anilines is 2. The van der Waals surface area contributed by atoms with Crippen LogP contribution in [0.2, 0.25) is 0 Å². The van der Waals surface area contributed by atoms with E-state index in [-0.39, 0.29) is 28.6 Å². The highest BCUT2D eigenvalue weighted by molar-refractivity contribution is 8.04. The number of methoxy groups -OCH3 is 2. The number of nitrogens with zero attached hydrogens (tertiary/aromatic N) is 3. The maximum absolute atomic E-state index is 13.6. The van der Waals surface area contributed by atoms with Crippen LogP contribution in [-0.2, 0) is 21.0 Å². The van der Waals surface area contributed by atoms with E-state index in [2.05, 4.69) is 21.0 Å². The largest absolute Gasteiger partial charge is 0.506 e. The molecule has 0 fully saturated rings. The molecule has 18 heteroatoms. The number of phenolic OH excluding ortho intramolecular Hbond substituents is 3. The van der Waals surface area contributed by atoms with Crippen molar-refractivity contribution in [3.05, 3.63) is 71.8 Å². The van der Waals surface area contributed by atoms with Crippen LogP contribution in [0.5, 0.6) is 28.7 Å². The van der Waals surface area contributed by atoms with Crippen molar-refractivity contribution in [2.24, 2.45) is 0 Å². The third-order valence-corrected chi connectivity index (χ3v) is 11.1. The maximum atomic E-state index is 13.6. The van der Waals surface area contributed by atoms with Crippen LogP contribution >= 0.6 is 34.9 Å². The van der Waals surface area contributed by atoms with Gasteiger partial charge in [-0.15, -0.1) is 10.2 Å². The second-order valence-corrected chi connectivity index (χ2v) is 15.2. The SMILES string of the molecule is CCCNOCc1cc(OC(=O)N(C)c2cccc3c(O)c(C(=O)Nc4ccccc4OC)ccc23)c(O)c(O)c1Sc1nnc(SC(C)C(=O)OC)s1. The van der Waals surface area contributed by atoms with Gasteiger partial charge in [-0.1, -0.05) is 72.1 Å². The molecule has 4 aromatic carbocycles. The number of rotatable bonds is 15. The Morgan fingerprint density at radius 1 is 0.926 bits per heavy atom. The van der Waals surface area contributed by atoms with Crippen molar-refractivity contribution in [2.75, 3.05) is 38.0 Å². The second kappa shape index (κ2) is 18.2. The van der Waals surface area contributed by atoms with Crippen molar-refractivity contribution in [1.82, 2.24) is 15.7 Å². The number of esters is 1. The Balaban J connectivity index is 1.39. The van der Waals surface area contributed by atoms with Crippen molar-refractivity contribution in [3.63, 3.8) is 0 Å². The van der Waals surface area contributed by atoms with Gasteiger partial charge in [0.25, 0.3) is 5.91 Å². The number of phenols is 3. The van der Waals surface area contributed by atoms with Crippen molar-refractivity contribution in [2.45, 2.75) is 45.7 Å². The molecule has 0 bridgehead atoms. The lowest BCUT2D eigenvalue weighted by Gasteiger charge is -2.21. The number of carbonyl (C=O) groups is 3. The van der Waals surface area contributed by atoms with Gasteiger partial charge in [0, 0.05) is 29.9 Å². The number of nitrogens with one attached hydrogen (secondary N) is 2. The van der Waals surface area contributed by atoms with Gasteiger partial charge in [-0.05, 0) is 43.7 Å². The third-order valence-electron chi connectivity index (χ3n) is 7.78. The zero-order valence-electron chi connectivity index (χ0n) is 29.7. The first kappa shape index (κ1) is 39.9. The number of hydroxylamine groups is 1. The summed E-state index contributed by atoms with van der Waals surface area (Å²) in [5.74, 6) is -2.48. The summed E-state index contributed by atoms with van der Waals surface area (Å²) in [6.07, 6.45) is -0.146. The Morgan fingerprint density at radius 3 is 2.43 bits per heavy atom. The number of fused-ring (bicyclic) bond motifs is 1. The van der Waals surface area contributed by atoms with Gasteiger partial charge < -0.3 is 34.8 Å². The minimum atomic E-state index is -0.934. The molecule has 1 aromatic heterocycles. The van der Waals surface area contributed by atoms with Gasteiger partial charge in [0.2, 0.25) is 5.75 Å². The molecule has 5 N–H and O–H groups in total. The lowest BCUT2D eigenvalue weighted by Crippen LogP contribution is -2.29. The summed E-state index contributed by atoms with van der Waals surface area (Å²) >= 11 is 3.34. The second-order valence-electron chi connectivity index (χ2n) is 11.4. The number of hydrogen-bond acceptors (Lipinski definition) is 16. The molecule has 0 saturated heterocycles. The molecule has 54 heavy (non-hydrogen) atoms. The minimum absolute atomic E-state index is 0.00317. The van der Waals surface area contributed by atoms with Crippen molar-refractivity contribution in [3.8, 4) is 28.7 Å². The molecule has 1 atom stereocenters. The van der Waals surface area contributed by atoms with E-state index in [9.17, 15) is 29.7 Å². The number of aromatic hydroxyl groups is 3. The first-order valence-corrected chi connectivity index (χ1v) is 18.8. The van der Waals surface area contributed by atoms with Gasteiger partial charge in [-0.25, -0.2) is 10.3 Å². The number of amides is 2. The molecule has 0 aliphatic rings. The number of aromatic nitrogens is 2. The van der Waals surface area contributed by atoms with Gasteiger partial charge in [0.05, 0.1) is 42.7 Å². The monoisotopic (exact) mass is 795 g/mol. The number of hydrogen-bond donors (Lipinski definition) is 5. The van der Waals surface area contributed by atoms with E-state index in [1.165, 1.54) is 56.5 Å². The highest BCUT2D eigenvalue weighted by Gasteiger charge is 2.26. The molecule has 2 amide bonds. The topological polar surface area (TPSA) is 202 Å². The lowest BCUT2D eigenvalue weighted by molar-refractivity contribution is -0.139. The van der Waals surface area contributed by atoms with Gasteiger partial charge in [0.15, 0.2) is 20.2 Å². The molecule has 0 spiro atoms. The molecular weight excluding hydrogens is 759 g/mol.